The summed E-state index contributed by atoms with van der Waals surface area (Å²) < 4.78 is 6.16. The van der Waals surface area contributed by atoms with E-state index < -0.39 is 36.3 Å². The van der Waals surface area contributed by atoms with Gasteiger partial charge in [0.1, 0.15) is 12.2 Å². The van der Waals surface area contributed by atoms with Crippen molar-refractivity contribution in [2.75, 3.05) is 12.1 Å². The number of rotatable bonds is 3. The summed E-state index contributed by atoms with van der Waals surface area (Å²) in [5.74, 6) is 1.99. The van der Waals surface area contributed by atoms with Crippen LogP contribution < -0.4 is 11.2 Å². The Morgan fingerprint density at radius 1 is 1.60 bits per heavy atom. The number of aliphatic hydroxyl groups is 3. The molecule has 2 rings (SSSR count). The zero-order valence-corrected chi connectivity index (χ0v) is 10.2. The van der Waals surface area contributed by atoms with E-state index in [1.165, 1.54) is 12.3 Å². The molecule has 1 fully saturated rings. The largest absolute Gasteiger partial charge is 0.392 e. The van der Waals surface area contributed by atoms with Crippen LogP contribution in [0.25, 0.3) is 0 Å². The van der Waals surface area contributed by atoms with Crippen molar-refractivity contribution in [3.63, 3.8) is 0 Å². The highest BCUT2D eigenvalue weighted by molar-refractivity contribution is 5.28. The van der Waals surface area contributed by atoms with Crippen molar-refractivity contribution in [1.29, 1.82) is 0 Å². The molecule has 2 unspecified atom stereocenters. The van der Waals surface area contributed by atoms with Crippen LogP contribution in [0, 0.1) is 12.3 Å². The molecule has 108 valence electrons. The molecule has 9 nitrogen and oxygen atoms in total. The third kappa shape index (κ3) is 2.05. The molecule has 1 saturated heterocycles. The van der Waals surface area contributed by atoms with Crippen molar-refractivity contribution in [3.05, 3.63) is 22.7 Å². The Morgan fingerprint density at radius 3 is 2.75 bits per heavy atom. The van der Waals surface area contributed by atoms with Crippen LogP contribution >= 0.6 is 0 Å². The van der Waals surface area contributed by atoms with E-state index in [9.17, 15) is 20.1 Å². The third-order valence-corrected chi connectivity index (χ3v) is 3.12. The molecule has 0 bridgehead atoms. The van der Waals surface area contributed by atoms with Crippen LogP contribution in [0.1, 0.15) is 6.23 Å². The summed E-state index contributed by atoms with van der Waals surface area (Å²) in [4.78, 5) is 15.2. The summed E-state index contributed by atoms with van der Waals surface area (Å²) in [6.07, 6.45) is 2.00. The molecule has 2 heterocycles. The van der Waals surface area contributed by atoms with Crippen LogP contribution in [0.2, 0.25) is 0 Å². The number of hydrogen-bond acceptors (Lipinski definition) is 8. The second-order valence-electron chi connectivity index (χ2n) is 4.25. The fourth-order valence-electron chi connectivity index (χ4n) is 1.97. The van der Waals surface area contributed by atoms with E-state index in [2.05, 4.69) is 10.9 Å². The van der Waals surface area contributed by atoms with Crippen molar-refractivity contribution in [1.82, 2.24) is 9.55 Å². The number of anilines is 1. The number of hydrogen-bond donors (Lipinski definition) is 5. The quantitative estimate of drug-likeness (QED) is 0.307. The van der Waals surface area contributed by atoms with Crippen LogP contribution in [-0.2, 0) is 4.74 Å². The Bertz CT molecular complexity index is 597. The van der Waals surface area contributed by atoms with Gasteiger partial charge in [-0.15, -0.1) is 6.42 Å². The number of ether oxygens (including phenoxy) is 1. The highest BCUT2D eigenvalue weighted by Gasteiger charge is 2.54. The number of aliphatic hydroxyl groups excluding tert-OH is 3. The highest BCUT2D eigenvalue weighted by Crippen LogP contribution is 2.35. The van der Waals surface area contributed by atoms with E-state index in [4.69, 9.17) is 16.4 Å². The first kappa shape index (κ1) is 14.4. The van der Waals surface area contributed by atoms with Gasteiger partial charge in [0.2, 0.25) is 0 Å². The fraction of sp³-hybridized carbons (Fsp3) is 0.455. The summed E-state index contributed by atoms with van der Waals surface area (Å²) in [6, 6.07) is 1.25. The molecule has 1 aliphatic heterocycles. The molecule has 4 atom stereocenters. The fourth-order valence-corrected chi connectivity index (χ4v) is 1.97. The van der Waals surface area contributed by atoms with Gasteiger partial charge in [0.25, 0.3) is 0 Å². The first-order valence-corrected chi connectivity index (χ1v) is 5.61. The van der Waals surface area contributed by atoms with Gasteiger partial charge in [0.15, 0.2) is 17.6 Å². The molecular weight excluding hydrogens is 270 g/mol. The molecule has 5 N–H and O–H groups in total. The molecule has 20 heavy (non-hydrogen) atoms. The maximum atomic E-state index is 11.7. The lowest BCUT2D eigenvalue weighted by Gasteiger charge is -2.23. The maximum absolute atomic E-state index is 11.7. The average molecular weight is 283 g/mol. The first-order valence-electron chi connectivity index (χ1n) is 5.61. The summed E-state index contributed by atoms with van der Waals surface area (Å²) in [6.45, 7) is -0.726. The Balaban J connectivity index is 2.40. The van der Waals surface area contributed by atoms with Gasteiger partial charge < -0.3 is 20.1 Å². The van der Waals surface area contributed by atoms with Crippen LogP contribution in [0.15, 0.2) is 17.1 Å². The zero-order chi connectivity index (χ0) is 14.9. The molecular formula is C11H13N3O6. The Hall–Kier alpha value is -1.96. The van der Waals surface area contributed by atoms with E-state index in [1.54, 1.807) is 5.48 Å². The summed E-state index contributed by atoms with van der Waals surface area (Å²) >= 11 is 0. The molecule has 1 aliphatic rings. The number of terminal acetylenes is 1. The lowest BCUT2D eigenvalue weighted by Crippen LogP contribution is -2.45. The van der Waals surface area contributed by atoms with Crippen molar-refractivity contribution in [2.45, 2.75) is 24.0 Å². The number of aromatic nitrogens is 2. The van der Waals surface area contributed by atoms with Gasteiger partial charge in [0, 0.05) is 6.20 Å². The minimum Gasteiger partial charge on any atom is -0.392 e. The lowest BCUT2D eigenvalue weighted by atomic mass is 9.97. The molecule has 9 heteroatoms. The molecule has 0 aromatic carbocycles. The predicted octanol–water partition coefficient (Wildman–Crippen LogP) is -2.34. The van der Waals surface area contributed by atoms with Gasteiger partial charge in [-0.2, -0.15) is 4.98 Å². The van der Waals surface area contributed by atoms with Crippen molar-refractivity contribution >= 4 is 5.82 Å². The maximum Gasteiger partial charge on any atom is 0.351 e. The minimum atomic E-state index is -1.79. The molecule has 0 radical (unpaired) electrons. The number of nitrogens with zero attached hydrogens (tertiary/aromatic N) is 2. The average Bonchev–Trinajstić information content (AvgIpc) is 2.72. The van der Waals surface area contributed by atoms with Crippen LogP contribution in [-0.4, -0.2) is 54.5 Å². The molecule has 0 saturated carbocycles. The van der Waals surface area contributed by atoms with Crippen molar-refractivity contribution < 1.29 is 25.3 Å². The topological polar surface area (TPSA) is 137 Å². The lowest BCUT2D eigenvalue weighted by molar-refractivity contribution is -0.0936. The molecule has 1 aromatic heterocycles. The van der Waals surface area contributed by atoms with E-state index in [0.29, 0.717) is 0 Å². The van der Waals surface area contributed by atoms with E-state index in [-0.39, 0.29) is 5.82 Å². The monoisotopic (exact) mass is 283 g/mol. The van der Waals surface area contributed by atoms with Gasteiger partial charge in [-0.25, -0.2) is 4.79 Å². The van der Waals surface area contributed by atoms with Gasteiger partial charge in [-0.3, -0.25) is 15.3 Å². The molecule has 0 aliphatic carbocycles. The van der Waals surface area contributed by atoms with Gasteiger partial charge in [0.05, 0.1) is 6.61 Å². The second-order valence-corrected chi connectivity index (χ2v) is 4.25. The van der Waals surface area contributed by atoms with Crippen molar-refractivity contribution in [2.24, 2.45) is 0 Å². The van der Waals surface area contributed by atoms with Gasteiger partial charge in [-0.1, -0.05) is 5.92 Å². The predicted molar refractivity (Wildman–Crippen MR) is 64.7 cm³/mol. The molecule has 0 amide bonds. The van der Waals surface area contributed by atoms with Crippen LogP contribution in [0.4, 0.5) is 5.82 Å². The van der Waals surface area contributed by atoms with Crippen LogP contribution in [0.5, 0.6) is 0 Å². The minimum absolute atomic E-state index is 0.0929. The van der Waals surface area contributed by atoms with Crippen molar-refractivity contribution in [3.8, 4) is 12.3 Å². The van der Waals surface area contributed by atoms with E-state index in [0.717, 1.165) is 4.57 Å². The smallest absolute Gasteiger partial charge is 0.351 e. The van der Waals surface area contributed by atoms with E-state index in [1.807, 2.05) is 0 Å². The Labute approximate surface area is 113 Å². The Kier molecular flexibility index (Phi) is 3.76. The van der Waals surface area contributed by atoms with Gasteiger partial charge in [-0.05, 0) is 6.07 Å². The third-order valence-electron chi connectivity index (χ3n) is 3.12. The summed E-state index contributed by atoms with van der Waals surface area (Å²) in [5, 5.41) is 37.7. The summed E-state index contributed by atoms with van der Waals surface area (Å²) in [5.41, 5.74) is -0.941. The highest BCUT2D eigenvalue weighted by atomic mass is 16.6. The van der Waals surface area contributed by atoms with Crippen LogP contribution in [0.3, 0.4) is 0 Å². The zero-order valence-electron chi connectivity index (χ0n) is 10.2. The van der Waals surface area contributed by atoms with E-state index >= 15 is 0 Å². The Morgan fingerprint density at radius 2 is 2.30 bits per heavy atom. The summed E-state index contributed by atoms with van der Waals surface area (Å²) in [7, 11) is 0. The second kappa shape index (κ2) is 5.20. The molecule has 0 spiro atoms. The first-order chi connectivity index (χ1) is 9.49. The SMILES string of the molecule is C#C[C@]1(CO)O[C@@H](n2ccc(NO)nc2=O)C(O)C1O. The molecule has 1 aromatic rings. The standard InChI is InChI=1S/C11H13N3O6/c1-2-11(5-15)8(17)7(16)9(20-11)14-4-3-6(13-19)12-10(14)18/h1,3-4,7-9,15-17,19H,5H2,(H,12,13,18)/t7?,8?,9-,11-/m1/s1. The number of nitrogens with one attached hydrogen (secondary N) is 1. The normalized spacial score (nSPS) is 32.9. The van der Waals surface area contributed by atoms with Gasteiger partial charge >= 0.3 is 5.69 Å².